The van der Waals surface area contributed by atoms with Gasteiger partial charge in [0.2, 0.25) is 0 Å². The first-order valence-corrected chi connectivity index (χ1v) is 7.67. The lowest BCUT2D eigenvalue weighted by Crippen LogP contribution is -2.37. The minimum Gasteiger partial charge on any atom is -0.481 e. The summed E-state index contributed by atoms with van der Waals surface area (Å²) in [5.41, 5.74) is 0. The molecule has 20 heavy (non-hydrogen) atoms. The predicted octanol–water partition coefficient (Wildman–Crippen LogP) is 1.82. The first-order valence-electron chi connectivity index (χ1n) is 6.52. The van der Waals surface area contributed by atoms with E-state index in [2.05, 4.69) is 5.32 Å². The van der Waals surface area contributed by atoms with Gasteiger partial charge in [0.05, 0.1) is 0 Å². The zero-order valence-corrected chi connectivity index (χ0v) is 12.3. The maximum atomic E-state index is 13.0. The molecule has 0 bridgehead atoms. The minimum atomic E-state index is -0.667. The van der Waals surface area contributed by atoms with E-state index in [9.17, 15) is 9.18 Å². The number of carbonyl (C=O) groups excluding carboxylic acids is 1. The van der Waals surface area contributed by atoms with Crippen molar-refractivity contribution in [1.29, 1.82) is 0 Å². The summed E-state index contributed by atoms with van der Waals surface area (Å²) >= 11 is 1.67. The Morgan fingerprint density at radius 3 is 3.00 bits per heavy atom. The van der Waals surface area contributed by atoms with Gasteiger partial charge < -0.3 is 15.2 Å². The van der Waals surface area contributed by atoms with Crippen LogP contribution in [0.15, 0.2) is 24.3 Å². The highest BCUT2D eigenvalue weighted by molar-refractivity contribution is 7.99. The van der Waals surface area contributed by atoms with Crippen LogP contribution in [0.4, 0.5) is 4.39 Å². The molecule has 0 aliphatic heterocycles. The summed E-state index contributed by atoms with van der Waals surface area (Å²) in [5, 5.41) is 11.4. The van der Waals surface area contributed by atoms with Crippen molar-refractivity contribution in [2.45, 2.75) is 19.4 Å². The van der Waals surface area contributed by atoms with E-state index in [1.165, 1.54) is 18.2 Å². The third kappa shape index (κ3) is 6.77. The molecule has 0 aromatic heterocycles. The quantitative estimate of drug-likeness (QED) is 0.683. The van der Waals surface area contributed by atoms with E-state index in [-0.39, 0.29) is 12.5 Å². The molecule has 0 aliphatic carbocycles. The van der Waals surface area contributed by atoms with Crippen LogP contribution in [0.25, 0.3) is 0 Å². The van der Waals surface area contributed by atoms with Crippen molar-refractivity contribution in [3.8, 4) is 5.75 Å². The average Bonchev–Trinajstić information content (AvgIpc) is 2.42. The number of benzene rings is 1. The summed E-state index contributed by atoms with van der Waals surface area (Å²) in [5.74, 6) is 1.39. The van der Waals surface area contributed by atoms with E-state index in [4.69, 9.17) is 9.84 Å². The third-order valence-electron chi connectivity index (χ3n) is 2.47. The summed E-state index contributed by atoms with van der Waals surface area (Å²) in [4.78, 5) is 11.7. The Morgan fingerprint density at radius 2 is 2.30 bits per heavy atom. The molecule has 4 nitrogen and oxygen atoms in total. The molecule has 1 aromatic rings. The molecule has 0 spiro atoms. The third-order valence-corrected chi connectivity index (χ3v) is 3.54. The highest BCUT2D eigenvalue weighted by atomic mass is 32.2. The van der Waals surface area contributed by atoms with Gasteiger partial charge in [-0.3, -0.25) is 4.79 Å². The molecule has 1 rings (SSSR count). The highest BCUT2D eigenvalue weighted by Crippen LogP contribution is 2.13. The zero-order chi connectivity index (χ0) is 14.8. The number of ether oxygens (including phenoxy) is 1. The number of halogens is 1. The summed E-state index contributed by atoms with van der Waals surface area (Å²) < 4.78 is 18.3. The van der Waals surface area contributed by atoms with Gasteiger partial charge in [-0.05, 0) is 31.2 Å². The smallest absolute Gasteiger partial charge is 0.260 e. The summed E-state index contributed by atoms with van der Waals surface area (Å²) in [6, 6.07) is 5.71. The molecule has 1 atom stereocenters. The number of hydrogen-bond donors (Lipinski definition) is 2. The molecule has 0 radical (unpaired) electrons. The van der Waals surface area contributed by atoms with Crippen LogP contribution in [-0.2, 0) is 4.79 Å². The summed E-state index contributed by atoms with van der Waals surface area (Å²) in [6.45, 7) is 2.36. The maximum absolute atomic E-state index is 13.0. The van der Waals surface area contributed by atoms with Crippen LogP contribution >= 0.6 is 11.8 Å². The van der Waals surface area contributed by atoms with Gasteiger partial charge in [-0.1, -0.05) is 6.07 Å². The fourth-order valence-electron chi connectivity index (χ4n) is 1.46. The Bertz CT molecular complexity index is 417. The molecule has 0 saturated carbocycles. The van der Waals surface area contributed by atoms with E-state index in [1.54, 1.807) is 24.8 Å². The highest BCUT2D eigenvalue weighted by Gasteiger charge is 2.14. The lowest BCUT2D eigenvalue weighted by molar-refractivity contribution is -0.127. The number of hydrogen-bond acceptors (Lipinski definition) is 4. The Kier molecular flexibility index (Phi) is 8.06. The van der Waals surface area contributed by atoms with Crippen molar-refractivity contribution in [2.24, 2.45) is 0 Å². The van der Waals surface area contributed by atoms with Gasteiger partial charge in [0.25, 0.3) is 5.91 Å². The molecule has 1 unspecified atom stereocenters. The van der Waals surface area contributed by atoms with Crippen LogP contribution in [0.5, 0.6) is 5.75 Å². The normalized spacial score (nSPS) is 11.9. The lowest BCUT2D eigenvalue weighted by Gasteiger charge is -2.14. The van der Waals surface area contributed by atoms with E-state index < -0.39 is 11.9 Å². The van der Waals surface area contributed by atoms with Crippen LogP contribution in [0, 0.1) is 5.82 Å². The molecule has 0 aliphatic rings. The second kappa shape index (κ2) is 9.61. The molecule has 2 N–H and O–H groups in total. The Labute approximate surface area is 122 Å². The number of nitrogens with one attached hydrogen (secondary N) is 1. The van der Waals surface area contributed by atoms with Gasteiger partial charge >= 0.3 is 0 Å². The number of thioether (sulfide) groups is 1. The van der Waals surface area contributed by atoms with Gasteiger partial charge in [-0.15, -0.1) is 0 Å². The number of aliphatic hydroxyl groups excluding tert-OH is 1. The van der Waals surface area contributed by atoms with Gasteiger partial charge in [0.15, 0.2) is 6.10 Å². The zero-order valence-electron chi connectivity index (χ0n) is 11.5. The summed E-state index contributed by atoms with van der Waals surface area (Å²) in [7, 11) is 0. The molecule has 0 heterocycles. The maximum Gasteiger partial charge on any atom is 0.260 e. The minimum absolute atomic E-state index is 0.192. The number of rotatable bonds is 9. The molecule has 0 saturated heterocycles. The van der Waals surface area contributed by atoms with E-state index in [0.29, 0.717) is 12.3 Å². The van der Waals surface area contributed by atoms with Crippen molar-refractivity contribution < 1.29 is 19.0 Å². The topological polar surface area (TPSA) is 58.6 Å². The fourth-order valence-corrected chi connectivity index (χ4v) is 2.24. The second-order valence-electron chi connectivity index (χ2n) is 4.20. The van der Waals surface area contributed by atoms with Crippen LogP contribution < -0.4 is 10.1 Å². The van der Waals surface area contributed by atoms with Gasteiger partial charge in [0.1, 0.15) is 11.6 Å². The van der Waals surface area contributed by atoms with Crippen LogP contribution in [0.3, 0.4) is 0 Å². The fraction of sp³-hybridized carbons (Fsp3) is 0.500. The van der Waals surface area contributed by atoms with Gasteiger partial charge in [-0.2, -0.15) is 11.8 Å². The largest absolute Gasteiger partial charge is 0.481 e. The first-order chi connectivity index (χ1) is 9.63. The lowest BCUT2D eigenvalue weighted by atomic mass is 10.3. The van der Waals surface area contributed by atoms with Crippen molar-refractivity contribution in [3.63, 3.8) is 0 Å². The van der Waals surface area contributed by atoms with Crippen LogP contribution in [0.2, 0.25) is 0 Å². The molecule has 0 fully saturated rings. The molecule has 112 valence electrons. The number of aliphatic hydroxyl groups is 1. The Balaban J connectivity index is 2.22. The number of amides is 1. The SMILES string of the molecule is CC(Oc1cccc(F)c1)C(=O)NCCSCCCO. The molecule has 1 amide bonds. The molecule has 1 aromatic carbocycles. The second-order valence-corrected chi connectivity index (χ2v) is 5.42. The number of carbonyl (C=O) groups is 1. The van der Waals surface area contributed by atoms with Gasteiger partial charge in [-0.25, -0.2) is 4.39 Å². The van der Waals surface area contributed by atoms with Crippen LogP contribution in [0.1, 0.15) is 13.3 Å². The standard InChI is InChI=1S/C14H20FNO3S/c1-11(19-13-5-2-4-12(15)10-13)14(18)16-6-9-20-8-3-7-17/h2,4-5,10-11,17H,3,6-9H2,1H3,(H,16,18). The van der Waals surface area contributed by atoms with Crippen molar-refractivity contribution in [2.75, 3.05) is 24.7 Å². The Hall–Kier alpha value is -1.27. The summed E-state index contributed by atoms with van der Waals surface area (Å²) in [6.07, 6.45) is 0.0942. The molecular weight excluding hydrogens is 281 g/mol. The van der Waals surface area contributed by atoms with Crippen molar-refractivity contribution in [3.05, 3.63) is 30.1 Å². The Morgan fingerprint density at radius 1 is 1.50 bits per heavy atom. The average molecular weight is 301 g/mol. The predicted molar refractivity (Wildman–Crippen MR) is 78.5 cm³/mol. The van der Waals surface area contributed by atoms with E-state index >= 15 is 0 Å². The van der Waals surface area contributed by atoms with Crippen molar-refractivity contribution in [1.82, 2.24) is 5.32 Å². The van der Waals surface area contributed by atoms with Crippen LogP contribution in [-0.4, -0.2) is 41.8 Å². The van der Waals surface area contributed by atoms with E-state index in [0.717, 1.165) is 17.9 Å². The monoisotopic (exact) mass is 301 g/mol. The van der Waals surface area contributed by atoms with Gasteiger partial charge in [0, 0.05) is 25.0 Å². The van der Waals surface area contributed by atoms with Crippen molar-refractivity contribution >= 4 is 17.7 Å². The first kappa shape index (κ1) is 16.8. The molecular formula is C14H20FNO3S. The molecule has 6 heteroatoms. The van der Waals surface area contributed by atoms with E-state index in [1.807, 2.05) is 0 Å².